The highest BCUT2D eigenvalue weighted by Crippen LogP contribution is 1.88. The fourth-order valence-corrected chi connectivity index (χ4v) is 0.378. The van der Waals surface area contributed by atoms with Crippen LogP contribution in [0, 0.1) is 5.92 Å². The largest absolute Gasteiger partial charge is 0.356 e. The molecule has 50 valence electrons. The molecule has 0 aromatic rings. The number of hydrogen-bond donors (Lipinski definition) is 1. The van der Waals surface area contributed by atoms with Gasteiger partial charge in [0.2, 0.25) is 5.91 Å². The van der Waals surface area contributed by atoms with Crippen LogP contribution < -0.4 is 5.32 Å². The summed E-state index contributed by atoms with van der Waals surface area (Å²) >= 11 is 0. The summed E-state index contributed by atoms with van der Waals surface area (Å²) in [5.41, 5.74) is 0. The quantitative estimate of drug-likeness (QED) is 0.575. The van der Waals surface area contributed by atoms with Crippen molar-refractivity contribution in [2.75, 3.05) is 6.54 Å². The second-order valence-electron chi connectivity index (χ2n) is 2.05. The zero-order chi connectivity index (χ0) is 6.57. The van der Waals surface area contributed by atoms with Crippen molar-refractivity contribution >= 4 is 5.91 Å². The summed E-state index contributed by atoms with van der Waals surface area (Å²) in [6, 6.07) is 0. The maximum Gasteiger partial charge on any atom is 0.222 e. The van der Waals surface area contributed by atoms with Crippen LogP contribution >= 0.6 is 0 Å². The van der Waals surface area contributed by atoms with Gasteiger partial charge in [0.15, 0.2) is 0 Å². The molecule has 0 saturated heterocycles. The molecule has 0 spiro atoms. The van der Waals surface area contributed by atoms with Crippen molar-refractivity contribution in [3.63, 3.8) is 0 Å². The van der Waals surface area contributed by atoms with Crippen LogP contribution in [0.4, 0.5) is 0 Å². The van der Waals surface area contributed by atoms with Crippen molar-refractivity contribution in [1.82, 2.24) is 5.32 Å². The Morgan fingerprint density at radius 1 is 1.75 bits per heavy atom. The van der Waals surface area contributed by atoms with E-state index in [0.717, 1.165) is 6.54 Å². The second-order valence-corrected chi connectivity index (χ2v) is 2.05. The zero-order valence-corrected chi connectivity index (χ0v) is 5.69. The third kappa shape index (κ3) is 2.61. The smallest absolute Gasteiger partial charge is 0.222 e. The van der Waals surface area contributed by atoms with E-state index in [1.54, 1.807) is 0 Å². The van der Waals surface area contributed by atoms with Crippen molar-refractivity contribution < 1.29 is 6.22 Å². The van der Waals surface area contributed by atoms with Gasteiger partial charge in [-0.2, -0.15) is 0 Å². The Hall–Kier alpha value is -0.530. The Balaban J connectivity index is 0. The van der Waals surface area contributed by atoms with Crippen molar-refractivity contribution in [1.29, 1.82) is 0 Å². The Morgan fingerprint density at radius 3 is 2.38 bits per heavy atom. The highest BCUT2D eigenvalue weighted by molar-refractivity contribution is 5.77. The lowest BCUT2D eigenvalue weighted by Crippen LogP contribution is -2.26. The average molecular weight is 117 g/mol. The van der Waals surface area contributed by atoms with E-state index in [1.165, 1.54) is 0 Å². The first kappa shape index (κ1) is 7.47. The van der Waals surface area contributed by atoms with Crippen molar-refractivity contribution in [2.45, 2.75) is 20.8 Å². The van der Waals surface area contributed by atoms with Gasteiger partial charge < -0.3 is 5.32 Å². The van der Waals surface area contributed by atoms with Gasteiger partial charge in [-0.15, -0.1) is 0 Å². The number of rotatable bonds is 2. The molecule has 0 rings (SSSR count). The van der Waals surface area contributed by atoms with Crippen LogP contribution in [-0.2, 0) is 4.79 Å². The van der Waals surface area contributed by atoms with Gasteiger partial charge in [0.05, 0.1) is 0 Å². The van der Waals surface area contributed by atoms with E-state index in [-0.39, 0.29) is 13.3 Å². The lowest BCUT2D eigenvalue weighted by Gasteiger charge is -2.02. The van der Waals surface area contributed by atoms with Crippen LogP contribution in [0.15, 0.2) is 0 Å². The molecule has 1 amide bonds. The van der Waals surface area contributed by atoms with E-state index in [9.17, 15) is 4.79 Å². The zero-order valence-electron chi connectivity index (χ0n) is 5.69. The molecule has 0 atom stereocenters. The normalized spacial score (nSPS) is 9.50. The number of carbonyl (C=O) groups excluding carboxylic acids is 1. The first-order valence-electron chi connectivity index (χ1n) is 2.96. The molecule has 0 heterocycles. The van der Waals surface area contributed by atoms with E-state index >= 15 is 0 Å². The molecule has 0 unspecified atom stereocenters. The van der Waals surface area contributed by atoms with Gasteiger partial charge in [-0.05, 0) is 6.92 Å². The van der Waals surface area contributed by atoms with E-state index in [2.05, 4.69) is 5.32 Å². The standard InChI is InChI=1S/C6H13NO.H2/c1-4-7-6(8)5(2)3;/h5H,4H2,1-3H3,(H,7,8);1H. The highest BCUT2D eigenvalue weighted by Gasteiger charge is 2.02. The molecule has 8 heavy (non-hydrogen) atoms. The van der Waals surface area contributed by atoms with Crippen LogP contribution in [0.3, 0.4) is 0 Å². The summed E-state index contributed by atoms with van der Waals surface area (Å²) < 4.78 is 0. The molecule has 2 heteroatoms. The number of hydrogen-bond acceptors (Lipinski definition) is 1. The molecule has 0 aromatic heterocycles. The molecule has 1 N–H and O–H groups in total. The molecule has 0 aliphatic rings. The van der Waals surface area contributed by atoms with Crippen LogP contribution in [-0.4, -0.2) is 12.5 Å². The first-order chi connectivity index (χ1) is 3.68. The van der Waals surface area contributed by atoms with Crippen LogP contribution in [0.5, 0.6) is 0 Å². The van der Waals surface area contributed by atoms with E-state index in [0.29, 0.717) is 0 Å². The average Bonchev–Trinajstić information content (AvgIpc) is 1.67. The minimum Gasteiger partial charge on any atom is -0.356 e. The third-order valence-electron chi connectivity index (χ3n) is 0.875. The van der Waals surface area contributed by atoms with Gasteiger partial charge in [-0.3, -0.25) is 4.79 Å². The fourth-order valence-electron chi connectivity index (χ4n) is 0.378. The SMILES string of the molecule is CCNC(=O)C(C)C.[HH]. The molecule has 0 aromatic carbocycles. The summed E-state index contributed by atoms with van der Waals surface area (Å²) in [7, 11) is 0. The van der Waals surface area contributed by atoms with Gasteiger partial charge in [0.25, 0.3) is 0 Å². The summed E-state index contributed by atoms with van der Waals surface area (Å²) in [6.07, 6.45) is 0. The second kappa shape index (κ2) is 3.47. The molecule has 0 bridgehead atoms. The monoisotopic (exact) mass is 117 g/mol. The molecule has 0 aliphatic heterocycles. The van der Waals surface area contributed by atoms with Crippen molar-refractivity contribution in [3.05, 3.63) is 0 Å². The van der Waals surface area contributed by atoms with E-state index in [1.807, 2.05) is 20.8 Å². The van der Waals surface area contributed by atoms with Gasteiger partial charge in [-0.1, -0.05) is 13.8 Å². The summed E-state index contributed by atoms with van der Waals surface area (Å²) in [4.78, 5) is 10.6. The number of nitrogens with one attached hydrogen (secondary N) is 1. The Bertz CT molecular complexity index is 83.1. The van der Waals surface area contributed by atoms with E-state index < -0.39 is 0 Å². The Morgan fingerprint density at radius 2 is 2.25 bits per heavy atom. The lowest BCUT2D eigenvalue weighted by atomic mass is 10.2. The van der Waals surface area contributed by atoms with Crippen LogP contribution in [0.2, 0.25) is 0 Å². The van der Waals surface area contributed by atoms with Gasteiger partial charge in [0, 0.05) is 13.9 Å². The first-order valence-corrected chi connectivity index (χ1v) is 2.96. The molecule has 0 radical (unpaired) electrons. The molecule has 0 aliphatic carbocycles. The summed E-state index contributed by atoms with van der Waals surface area (Å²) in [5.74, 6) is 0.252. The number of carbonyl (C=O) groups is 1. The minimum absolute atomic E-state index is 0. The predicted molar refractivity (Wildman–Crippen MR) is 35.6 cm³/mol. The van der Waals surface area contributed by atoms with Gasteiger partial charge >= 0.3 is 0 Å². The predicted octanol–water partition coefficient (Wildman–Crippen LogP) is 1.02. The Kier molecular flexibility index (Phi) is 3.24. The lowest BCUT2D eigenvalue weighted by molar-refractivity contribution is -0.123. The molecular formula is C6H15NO. The molecule has 0 fully saturated rings. The number of amides is 1. The summed E-state index contributed by atoms with van der Waals surface area (Å²) in [5, 5.41) is 2.71. The Labute approximate surface area is 51.8 Å². The van der Waals surface area contributed by atoms with Crippen molar-refractivity contribution in [2.24, 2.45) is 5.92 Å². The minimum atomic E-state index is 0. The van der Waals surface area contributed by atoms with Crippen LogP contribution in [0.1, 0.15) is 22.2 Å². The molecule has 2 nitrogen and oxygen atoms in total. The van der Waals surface area contributed by atoms with Gasteiger partial charge in [-0.25, -0.2) is 0 Å². The van der Waals surface area contributed by atoms with Gasteiger partial charge in [0.1, 0.15) is 0 Å². The molecule has 0 saturated carbocycles. The maximum absolute atomic E-state index is 10.6. The molecular weight excluding hydrogens is 102 g/mol. The third-order valence-corrected chi connectivity index (χ3v) is 0.875. The van der Waals surface area contributed by atoms with Crippen LogP contribution in [0.25, 0.3) is 0 Å². The highest BCUT2D eigenvalue weighted by atomic mass is 16.1. The van der Waals surface area contributed by atoms with Crippen molar-refractivity contribution in [3.8, 4) is 0 Å². The van der Waals surface area contributed by atoms with E-state index in [4.69, 9.17) is 0 Å². The topological polar surface area (TPSA) is 29.1 Å². The fraction of sp³-hybridized carbons (Fsp3) is 0.833. The summed E-state index contributed by atoms with van der Waals surface area (Å²) in [6.45, 7) is 6.41. The maximum atomic E-state index is 10.6.